The molecule has 0 unspecified atom stereocenters. The highest BCUT2D eigenvalue weighted by atomic mass is 16.3. The number of piperidine rings is 2. The molecule has 31 heavy (non-hydrogen) atoms. The largest absolute Gasteiger partial charge is 0.390 e. The Morgan fingerprint density at radius 2 is 2.03 bits per heavy atom. The minimum Gasteiger partial charge on any atom is -0.390 e. The van der Waals surface area contributed by atoms with Crippen LogP contribution in [0.15, 0.2) is 30.6 Å². The number of aliphatic hydroxyl groups is 1. The van der Waals surface area contributed by atoms with Crippen LogP contribution in [-0.4, -0.2) is 67.6 Å². The molecule has 9 nitrogen and oxygen atoms in total. The Bertz CT molecular complexity index is 1070. The number of likely N-dealkylation sites (tertiary alicyclic amines) is 1. The van der Waals surface area contributed by atoms with Crippen molar-refractivity contribution in [3.8, 4) is 11.1 Å². The summed E-state index contributed by atoms with van der Waals surface area (Å²) >= 11 is 0. The fourth-order valence-electron chi connectivity index (χ4n) is 4.44. The van der Waals surface area contributed by atoms with E-state index < -0.39 is 5.60 Å². The zero-order valence-electron chi connectivity index (χ0n) is 17.8. The molecule has 0 bridgehead atoms. The fraction of sp³-hybridized carbons (Fsp3) is 0.500. The molecule has 4 heterocycles. The summed E-state index contributed by atoms with van der Waals surface area (Å²) in [6.45, 7) is 4.91. The third-order valence-electron chi connectivity index (χ3n) is 6.46. The third-order valence-corrected chi connectivity index (χ3v) is 6.46. The van der Waals surface area contributed by atoms with Gasteiger partial charge in [0.1, 0.15) is 0 Å². The molecule has 0 aliphatic carbocycles. The van der Waals surface area contributed by atoms with E-state index in [0.29, 0.717) is 37.9 Å². The molecule has 2 aliphatic rings. The summed E-state index contributed by atoms with van der Waals surface area (Å²) in [6, 6.07) is 6.20. The van der Waals surface area contributed by atoms with E-state index in [4.69, 9.17) is 0 Å². The molecular formula is C22H29N7O2. The van der Waals surface area contributed by atoms with Crippen LogP contribution in [0.25, 0.3) is 22.2 Å². The van der Waals surface area contributed by atoms with Gasteiger partial charge in [0.2, 0.25) is 5.95 Å². The first kappa shape index (κ1) is 20.0. The van der Waals surface area contributed by atoms with E-state index in [-0.39, 0.29) is 6.03 Å². The number of carbonyl (C=O) groups is 1. The maximum atomic E-state index is 12.6. The number of urea groups is 1. The lowest BCUT2D eigenvalue weighted by Gasteiger charge is -2.35. The van der Waals surface area contributed by atoms with Crippen molar-refractivity contribution in [2.24, 2.45) is 0 Å². The average molecular weight is 424 g/mol. The van der Waals surface area contributed by atoms with Gasteiger partial charge in [0, 0.05) is 30.4 Å². The van der Waals surface area contributed by atoms with Crippen LogP contribution in [0.1, 0.15) is 38.6 Å². The van der Waals surface area contributed by atoms with E-state index in [0.717, 1.165) is 48.1 Å². The second kappa shape index (κ2) is 7.97. The second-order valence-electron chi connectivity index (χ2n) is 8.89. The number of nitrogens with zero attached hydrogens (tertiary/aromatic N) is 4. The lowest BCUT2D eigenvalue weighted by atomic mass is 9.94. The number of carbonyl (C=O) groups excluding carboxylic acids is 1. The zero-order chi connectivity index (χ0) is 21.4. The van der Waals surface area contributed by atoms with Gasteiger partial charge in [0.15, 0.2) is 0 Å². The van der Waals surface area contributed by atoms with E-state index in [2.05, 4.69) is 36.6 Å². The molecule has 0 atom stereocenters. The van der Waals surface area contributed by atoms with Gasteiger partial charge >= 0.3 is 6.03 Å². The lowest BCUT2D eigenvalue weighted by Crippen LogP contribution is -2.46. The van der Waals surface area contributed by atoms with Crippen LogP contribution in [0.5, 0.6) is 0 Å². The number of H-pyrrole nitrogens is 1. The maximum Gasteiger partial charge on any atom is 0.324 e. The summed E-state index contributed by atoms with van der Waals surface area (Å²) in [5, 5.41) is 21.0. The first-order valence-electron chi connectivity index (χ1n) is 11.0. The summed E-state index contributed by atoms with van der Waals surface area (Å²) in [6.07, 6.45) is 7.30. The number of fused-ring (bicyclic) bond motifs is 1. The maximum absolute atomic E-state index is 12.6. The number of aromatic nitrogens is 4. The van der Waals surface area contributed by atoms with E-state index >= 15 is 0 Å². The van der Waals surface area contributed by atoms with Gasteiger partial charge in [0.25, 0.3) is 0 Å². The monoisotopic (exact) mass is 423 g/mol. The van der Waals surface area contributed by atoms with Crippen LogP contribution in [0, 0.1) is 0 Å². The van der Waals surface area contributed by atoms with Gasteiger partial charge in [-0.05, 0) is 51.8 Å². The van der Waals surface area contributed by atoms with Crippen molar-refractivity contribution in [1.29, 1.82) is 0 Å². The number of hydrogen-bond acceptors (Lipinski definition) is 5. The molecule has 2 amide bonds. The van der Waals surface area contributed by atoms with Gasteiger partial charge in [-0.1, -0.05) is 12.1 Å². The van der Waals surface area contributed by atoms with Crippen LogP contribution in [0.2, 0.25) is 0 Å². The Morgan fingerprint density at radius 3 is 2.81 bits per heavy atom. The van der Waals surface area contributed by atoms with E-state index in [1.807, 2.05) is 31.3 Å². The number of benzene rings is 1. The van der Waals surface area contributed by atoms with E-state index in [1.54, 1.807) is 4.90 Å². The third kappa shape index (κ3) is 4.15. The Balaban J connectivity index is 1.35. The molecule has 2 aliphatic heterocycles. The molecule has 2 fully saturated rings. The predicted octanol–water partition coefficient (Wildman–Crippen LogP) is 2.73. The summed E-state index contributed by atoms with van der Waals surface area (Å²) < 4.78 is 2.07. The molecule has 1 aromatic carbocycles. The smallest absolute Gasteiger partial charge is 0.324 e. The normalized spacial score (nSPS) is 19.6. The van der Waals surface area contributed by atoms with Crippen LogP contribution in [0.4, 0.5) is 10.7 Å². The van der Waals surface area contributed by atoms with Crippen LogP contribution in [0.3, 0.4) is 0 Å². The molecule has 4 N–H and O–H groups in total. The van der Waals surface area contributed by atoms with Crippen molar-refractivity contribution in [1.82, 2.24) is 30.0 Å². The molecule has 2 saturated heterocycles. The highest BCUT2D eigenvalue weighted by Gasteiger charge is 2.30. The Morgan fingerprint density at radius 1 is 1.26 bits per heavy atom. The van der Waals surface area contributed by atoms with E-state index in [1.165, 1.54) is 0 Å². The number of hydrogen-bond donors (Lipinski definition) is 4. The first-order valence-corrected chi connectivity index (χ1v) is 11.0. The highest BCUT2D eigenvalue weighted by molar-refractivity contribution is 5.95. The van der Waals surface area contributed by atoms with Crippen molar-refractivity contribution >= 4 is 23.0 Å². The quantitative estimate of drug-likeness (QED) is 0.518. The van der Waals surface area contributed by atoms with Crippen LogP contribution in [-0.2, 0) is 0 Å². The van der Waals surface area contributed by atoms with Crippen molar-refractivity contribution in [2.75, 3.05) is 31.5 Å². The molecular weight excluding hydrogens is 394 g/mol. The van der Waals surface area contributed by atoms with E-state index in [9.17, 15) is 9.90 Å². The molecule has 9 heteroatoms. The lowest BCUT2D eigenvalue weighted by molar-refractivity contribution is 0.00569. The standard InChI is InChI=1S/C22H29N7O2/c1-22(31)7-11-28(12-8-22)21(30)27-20-25-18-4-2-3-17(19(18)26-20)15-13-24-29(14-15)16-5-9-23-10-6-16/h2-4,13-14,16,23,31H,5-12H2,1H3,(H2,25,26,27,30). The fourth-order valence-corrected chi connectivity index (χ4v) is 4.44. The number of aromatic amines is 1. The topological polar surface area (TPSA) is 111 Å². The summed E-state index contributed by atoms with van der Waals surface area (Å²) in [5.41, 5.74) is 2.99. The number of amides is 2. The SMILES string of the molecule is CC1(O)CCN(C(=O)Nc2nc3c(-c4cnn(C5CCNCC5)c4)cccc3[nH]2)CC1. The minimum atomic E-state index is -0.691. The molecule has 164 valence electrons. The van der Waals surface area contributed by atoms with Crippen LogP contribution >= 0.6 is 0 Å². The number of imidazole rings is 1. The summed E-state index contributed by atoms with van der Waals surface area (Å²) in [5.74, 6) is 0.426. The van der Waals surface area contributed by atoms with Gasteiger partial charge in [-0.15, -0.1) is 0 Å². The number of nitrogens with one attached hydrogen (secondary N) is 3. The van der Waals surface area contributed by atoms with Crippen molar-refractivity contribution in [3.63, 3.8) is 0 Å². The average Bonchev–Trinajstić information content (AvgIpc) is 3.41. The Labute approximate surface area is 180 Å². The Kier molecular flexibility index (Phi) is 5.15. The van der Waals surface area contributed by atoms with Gasteiger partial charge in [-0.2, -0.15) is 5.10 Å². The Hall–Kier alpha value is -2.91. The molecule has 3 aromatic rings. The molecule has 5 rings (SSSR count). The summed E-state index contributed by atoms with van der Waals surface area (Å²) in [7, 11) is 0. The minimum absolute atomic E-state index is 0.199. The second-order valence-corrected chi connectivity index (χ2v) is 8.89. The number of anilines is 1. The highest BCUT2D eigenvalue weighted by Crippen LogP contribution is 2.30. The first-order chi connectivity index (χ1) is 15.0. The van der Waals surface area contributed by atoms with Crippen molar-refractivity contribution in [2.45, 2.75) is 44.2 Å². The van der Waals surface area contributed by atoms with Crippen LogP contribution < -0.4 is 10.6 Å². The molecule has 0 spiro atoms. The predicted molar refractivity (Wildman–Crippen MR) is 119 cm³/mol. The van der Waals surface area contributed by atoms with Crippen molar-refractivity contribution < 1.29 is 9.90 Å². The number of rotatable bonds is 3. The van der Waals surface area contributed by atoms with Gasteiger partial charge in [0.05, 0.1) is 28.9 Å². The van der Waals surface area contributed by atoms with Gasteiger partial charge in [-0.25, -0.2) is 9.78 Å². The van der Waals surface area contributed by atoms with Crippen molar-refractivity contribution in [3.05, 3.63) is 30.6 Å². The van der Waals surface area contributed by atoms with Gasteiger partial charge in [-0.3, -0.25) is 10.00 Å². The molecule has 2 aromatic heterocycles. The van der Waals surface area contributed by atoms with Gasteiger partial charge < -0.3 is 20.3 Å². The summed E-state index contributed by atoms with van der Waals surface area (Å²) in [4.78, 5) is 22.2. The number of para-hydroxylation sites is 1. The zero-order valence-corrected chi connectivity index (χ0v) is 17.8. The molecule has 0 radical (unpaired) electrons. The molecule has 0 saturated carbocycles.